The van der Waals surface area contributed by atoms with Crippen molar-refractivity contribution < 1.29 is 14.3 Å². The fourth-order valence-corrected chi connectivity index (χ4v) is 1.47. The van der Waals surface area contributed by atoms with Gasteiger partial charge in [-0.05, 0) is 6.42 Å². The van der Waals surface area contributed by atoms with Crippen LogP contribution in [0.3, 0.4) is 0 Å². The predicted molar refractivity (Wildman–Crippen MR) is 65.5 cm³/mol. The number of aromatic nitrogens is 2. The maximum absolute atomic E-state index is 11.5. The van der Waals surface area contributed by atoms with Crippen molar-refractivity contribution in [1.82, 2.24) is 9.97 Å². The molecule has 1 heterocycles. The van der Waals surface area contributed by atoms with Crippen molar-refractivity contribution >= 4 is 11.9 Å². The molecule has 0 aliphatic rings. The van der Waals surface area contributed by atoms with Gasteiger partial charge in [-0.2, -0.15) is 0 Å². The monoisotopic (exact) mass is 253 g/mol. The van der Waals surface area contributed by atoms with E-state index in [0.29, 0.717) is 0 Å². The van der Waals surface area contributed by atoms with Crippen LogP contribution in [0.25, 0.3) is 0 Å². The third kappa shape index (κ3) is 5.09. The van der Waals surface area contributed by atoms with Crippen molar-refractivity contribution in [2.24, 2.45) is 5.73 Å². The Labute approximate surface area is 106 Å². The molecule has 0 spiro atoms. The van der Waals surface area contributed by atoms with Gasteiger partial charge in [0.25, 0.3) is 0 Å². The minimum absolute atomic E-state index is 0.260. The van der Waals surface area contributed by atoms with Gasteiger partial charge in [0.05, 0.1) is 6.33 Å². The van der Waals surface area contributed by atoms with Crippen molar-refractivity contribution in [3.8, 4) is 0 Å². The first-order valence-corrected chi connectivity index (χ1v) is 6.10. The number of ether oxygens (including phenoxy) is 1. The van der Waals surface area contributed by atoms with Crippen molar-refractivity contribution in [3.05, 3.63) is 18.2 Å². The van der Waals surface area contributed by atoms with Gasteiger partial charge >= 0.3 is 11.9 Å². The summed E-state index contributed by atoms with van der Waals surface area (Å²) in [6.45, 7) is 2.04. The molecule has 0 unspecified atom stereocenters. The Bertz CT molecular complexity index is 376. The fraction of sp³-hybridized carbons (Fsp3) is 0.583. The highest BCUT2D eigenvalue weighted by molar-refractivity contribution is 5.88. The standard InChI is InChI=1S/C12H19N3O3/c1-2-3-4-5-11(16)18-12(17)10(13)6-9-7-14-8-15-9/h7-8,10H,2-6,13H2,1H3,(H,14,15)/t10-/m0/s1. The Balaban J connectivity index is 2.28. The van der Waals surface area contributed by atoms with E-state index in [0.717, 1.165) is 25.0 Å². The summed E-state index contributed by atoms with van der Waals surface area (Å²) in [5.41, 5.74) is 6.37. The number of hydrogen-bond donors (Lipinski definition) is 2. The molecule has 0 amide bonds. The first-order chi connectivity index (χ1) is 8.63. The minimum Gasteiger partial charge on any atom is -0.392 e. The summed E-state index contributed by atoms with van der Waals surface area (Å²) in [6.07, 6.45) is 6.32. The normalized spacial score (nSPS) is 12.1. The van der Waals surface area contributed by atoms with Crippen LogP contribution in [0, 0.1) is 0 Å². The van der Waals surface area contributed by atoms with Gasteiger partial charge in [0.15, 0.2) is 0 Å². The smallest absolute Gasteiger partial charge is 0.330 e. The number of rotatable bonds is 7. The molecule has 1 aromatic rings. The van der Waals surface area contributed by atoms with E-state index >= 15 is 0 Å². The number of unbranched alkanes of at least 4 members (excludes halogenated alkanes) is 2. The molecule has 0 saturated carbocycles. The Morgan fingerprint density at radius 2 is 2.28 bits per heavy atom. The largest absolute Gasteiger partial charge is 0.392 e. The molecule has 1 rings (SSSR count). The second-order valence-corrected chi connectivity index (χ2v) is 4.14. The lowest BCUT2D eigenvalue weighted by molar-refractivity contribution is -0.160. The molecule has 3 N–H and O–H groups in total. The second kappa shape index (κ2) is 7.60. The Hall–Kier alpha value is -1.69. The number of nitrogens with one attached hydrogen (secondary N) is 1. The molecule has 6 heteroatoms. The van der Waals surface area contributed by atoms with Crippen LogP contribution in [0.15, 0.2) is 12.5 Å². The summed E-state index contributed by atoms with van der Waals surface area (Å²) in [5, 5.41) is 0. The molecule has 1 aromatic heterocycles. The summed E-state index contributed by atoms with van der Waals surface area (Å²) in [5.74, 6) is -1.19. The van der Waals surface area contributed by atoms with Crippen LogP contribution in [0.2, 0.25) is 0 Å². The lowest BCUT2D eigenvalue weighted by Gasteiger charge is -2.09. The molecule has 0 aromatic carbocycles. The van der Waals surface area contributed by atoms with Crippen LogP contribution in [-0.4, -0.2) is 27.9 Å². The van der Waals surface area contributed by atoms with Gasteiger partial charge in [0.1, 0.15) is 6.04 Å². The van der Waals surface area contributed by atoms with E-state index < -0.39 is 18.0 Å². The zero-order valence-electron chi connectivity index (χ0n) is 10.5. The number of carbonyl (C=O) groups is 2. The van der Waals surface area contributed by atoms with Gasteiger partial charge in [0, 0.05) is 24.7 Å². The molecular weight excluding hydrogens is 234 g/mol. The van der Waals surface area contributed by atoms with Gasteiger partial charge in [0.2, 0.25) is 0 Å². The van der Waals surface area contributed by atoms with E-state index in [-0.39, 0.29) is 12.8 Å². The molecule has 0 aliphatic heterocycles. The SMILES string of the molecule is CCCCCC(=O)OC(=O)[C@@H](N)Cc1cnc[nH]1. The second-order valence-electron chi connectivity index (χ2n) is 4.14. The van der Waals surface area contributed by atoms with Crippen molar-refractivity contribution in [2.45, 2.75) is 45.1 Å². The fourth-order valence-electron chi connectivity index (χ4n) is 1.47. The number of esters is 2. The van der Waals surface area contributed by atoms with Crippen LogP contribution in [0.4, 0.5) is 0 Å². The third-order valence-corrected chi connectivity index (χ3v) is 2.50. The molecule has 100 valence electrons. The molecule has 0 aliphatic carbocycles. The first-order valence-electron chi connectivity index (χ1n) is 6.10. The van der Waals surface area contributed by atoms with Crippen LogP contribution in [0.5, 0.6) is 0 Å². The van der Waals surface area contributed by atoms with E-state index in [1.54, 1.807) is 6.20 Å². The maximum Gasteiger partial charge on any atom is 0.330 e. The maximum atomic E-state index is 11.5. The van der Waals surface area contributed by atoms with Gasteiger partial charge < -0.3 is 15.5 Å². The summed E-state index contributed by atoms with van der Waals surface area (Å²) in [7, 11) is 0. The van der Waals surface area contributed by atoms with Gasteiger partial charge in [-0.3, -0.25) is 4.79 Å². The van der Waals surface area contributed by atoms with E-state index in [9.17, 15) is 9.59 Å². The van der Waals surface area contributed by atoms with E-state index in [2.05, 4.69) is 14.7 Å². The number of nitrogens with two attached hydrogens (primary N) is 1. The van der Waals surface area contributed by atoms with E-state index in [1.165, 1.54) is 6.33 Å². The van der Waals surface area contributed by atoms with Crippen molar-refractivity contribution in [3.63, 3.8) is 0 Å². The van der Waals surface area contributed by atoms with Crippen LogP contribution in [-0.2, 0) is 20.7 Å². The number of nitrogens with zero attached hydrogens (tertiary/aromatic N) is 1. The zero-order chi connectivity index (χ0) is 13.4. The summed E-state index contributed by atoms with van der Waals surface area (Å²) in [4.78, 5) is 29.5. The topological polar surface area (TPSA) is 98.1 Å². The van der Waals surface area contributed by atoms with E-state index in [1.807, 2.05) is 6.92 Å². The minimum atomic E-state index is -0.847. The summed E-state index contributed by atoms with van der Waals surface area (Å²) >= 11 is 0. The first kappa shape index (κ1) is 14.4. The highest BCUT2D eigenvalue weighted by Crippen LogP contribution is 2.03. The van der Waals surface area contributed by atoms with Crippen molar-refractivity contribution in [1.29, 1.82) is 0 Å². The lowest BCUT2D eigenvalue weighted by atomic mass is 10.2. The highest BCUT2D eigenvalue weighted by Gasteiger charge is 2.19. The van der Waals surface area contributed by atoms with Crippen LogP contribution in [0.1, 0.15) is 38.3 Å². The Morgan fingerprint density at radius 1 is 1.50 bits per heavy atom. The molecule has 1 atom stereocenters. The number of hydrogen-bond acceptors (Lipinski definition) is 5. The summed E-state index contributed by atoms with van der Waals surface area (Å²) in [6, 6.07) is -0.847. The molecule has 18 heavy (non-hydrogen) atoms. The Morgan fingerprint density at radius 3 is 2.89 bits per heavy atom. The molecular formula is C12H19N3O3. The van der Waals surface area contributed by atoms with Gasteiger partial charge in [-0.15, -0.1) is 0 Å². The summed E-state index contributed by atoms with van der Waals surface area (Å²) < 4.78 is 4.67. The molecule has 0 saturated heterocycles. The molecule has 0 radical (unpaired) electrons. The highest BCUT2D eigenvalue weighted by atomic mass is 16.6. The number of imidazole rings is 1. The Kier molecular flexibility index (Phi) is 6.07. The van der Waals surface area contributed by atoms with Gasteiger partial charge in [-0.25, -0.2) is 9.78 Å². The molecule has 6 nitrogen and oxygen atoms in total. The molecule has 0 fully saturated rings. The predicted octanol–water partition coefficient (Wildman–Crippen LogP) is 0.930. The van der Waals surface area contributed by atoms with Crippen molar-refractivity contribution in [2.75, 3.05) is 0 Å². The average Bonchev–Trinajstić information content (AvgIpc) is 2.82. The number of aromatic amines is 1. The van der Waals surface area contributed by atoms with Crippen LogP contribution >= 0.6 is 0 Å². The van der Waals surface area contributed by atoms with Crippen LogP contribution < -0.4 is 5.73 Å². The molecule has 0 bridgehead atoms. The zero-order valence-corrected chi connectivity index (χ0v) is 10.5. The number of carbonyl (C=O) groups excluding carboxylic acids is 2. The quantitative estimate of drug-likeness (QED) is 0.428. The third-order valence-electron chi connectivity index (χ3n) is 2.50. The lowest BCUT2D eigenvalue weighted by Crippen LogP contribution is -2.35. The average molecular weight is 253 g/mol. The number of H-pyrrole nitrogens is 1. The van der Waals surface area contributed by atoms with Gasteiger partial charge in [-0.1, -0.05) is 19.8 Å². The van der Waals surface area contributed by atoms with E-state index in [4.69, 9.17) is 5.73 Å².